The van der Waals surface area contributed by atoms with Gasteiger partial charge in [0, 0.05) is 29.8 Å². The van der Waals surface area contributed by atoms with Crippen molar-refractivity contribution in [3.05, 3.63) is 64.1 Å². The van der Waals surface area contributed by atoms with E-state index >= 15 is 0 Å². The summed E-state index contributed by atoms with van der Waals surface area (Å²) in [6, 6.07) is 10.7. The molecule has 2 N–H and O–H groups in total. The summed E-state index contributed by atoms with van der Waals surface area (Å²) in [7, 11) is 1.67. The molecule has 6 heteroatoms. The summed E-state index contributed by atoms with van der Waals surface area (Å²) in [5, 5.41) is 6.20. The van der Waals surface area contributed by atoms with E-state index in [1.807, 2.05) is 24.3 Å². The van der Waals surface area contributed by atoms with Crippen LogP contribution in [0.15, 0.2) is 52.1 Å². The molecule has 0 spiro atoms. The lowest BCUT2D eigenvalue weighted by molar-refractivity contribution is 0.603. The van der Waals surface area contributed by atoms with E-state index < -0.39 is 0 Å². The summed E-state index contributed by atoms with van der Waals surface area (Å²) in [5.74, 6) is 0.347. The molecule has 0 bridgehead atoms. The number of guanidine groups is 1. The molecule has 0 aliphatic heterocycles. The molecule has 1 aromatic heterocycles. The van der Waals surface area contributed by atoms with Crippen LogP contribution in [0.5, 0.6) is 0 Å². The lowest BCUT2D eigenvalue weighted by Crippen LogP contribution is -2.36. The van der Waals surface area contributed by atoms with Crippen LogP contribution in [0, 0.1) is 5.82 Å². The third kappa shape index (κ3) is 4.82. The van der Waals surface area contributed by atoms with E-state index in [1.54, 1.807) is 19.3 Å². The molecular weight excluding hydrogens is 335 g/mol. The summed E-state index contributed by atoms with van der Waals surface area (Å²) in [6.07, 6.45) is 1.74. The first-order valence-electron chi connectivity index (χ1n) is 6.47. The van der Waals surface area contributed by atoms with Crippen LogP contribution < -0.4 is 10.6 Å². The second kappa shape index (κ2) is 7.73. The molecule has 2 aromatic rings. The molecule has 0 fully saturated rings. The number of hydrogen-bond acceptors (Lipinski definition) is 2. The molecule has 0 amide bonds. The zero-order chi connectivity index (χ0) is 15.1. The number of pyridine rings is 1. The highest BCUT2D eigenvalue weighted by Crippen LogP contribution is 2.14. The Balaban J connectivity index is 1.88. The van der Waals surface area contributed by atoms with Crippen LogP contribution in [0.3, 0.4) is 0 Å². The highest BCUT2D eigenvalue weighted by molar-refractivity contribution is 9.10. The predicted molar refractivity (Wildman–Crippen MR) is 85.4 cm³/mol. The van der Waals surface area contributed by atoms with Crippen molar-refractivity contribution in [1.29, 1.82) is 0 Å². The number of hydrogen-bond donors (Lipinski definition) is 2. The Morgan fingerprint density at radius 2 is 2.05 bits per heavy atom. The van der Waals surface area contributed by atoms with Crippen molar-refractivity contribution in [2.75, 3.05) is 7.05 Å². The lowest BCUT2D eigenvalue weighted by atomic mass is 10.2. The minimum atomic E-state index is -0.253. The Bertz CT molecular complexity index is 616. The molecule has 0 aliphatic rings. The van der Waals surface area contributed by atoms with Gasteiger partial charge in [0.05, 0.1) is 12.2 Å². The number of benzene rings is 1. The van der Waals surface area contributed by atoms with Gasteiger partial charge < -0.3 is 10.6 Å². The van der Waals surface area contributed by atoms with E-state index in [2.05, 4.69) is 36.5 Å². The second-order valence-corrected chi connectivity index (χ2v) is 5.25. The maximum atomic E-state index is 13.7. The fourth-order valence-electron chi connectivity index (χ4n) is 1.74. The second-order valence-electron chi connectivity index (χ2n) is 4.34. The van der Waals surface area contributed by atoms with Crippen LogP contribution in [-0.4, -0.2) is 18.0 Å². The summed E-state index contributed by atoms with van der Waals surface area (Å²) in [5.41, 5.74) is 1.49. The van der Waals surface area contributed by atoms with E-state index in [0.717, 1.165) is 10.2 Å². The van der Waals surface area contributed by atoms with Gasteiger partial charge in [-0.05, 0) is 24.3 Å². The summed E-state index contributed by atoms with van der Waals surface area (Å²) >= 11 is 3.24. The smallest absolute Gasteiger partial charge is 0.191 e. The van der Waals surface area contributed by atoms with Gasteiger partial charge in [0.2, 0.25) is 0 Å². The Morgan fingerprint density at radius 3 is 2.71 bits per heavy atom. The van der Waals surface area contributed by atoms with Crippen molar-refractivity contribution in [3.8, 4) is 0 Å². The summed E-state index contributed by atoms with van der Waals surface area (Å²) in [4.78, 5) is 8.32. The Kier molecular flexibility index (Phi) is 5.68. The average Bonchev–Trinajstić information content (AvgIpc) is 2.50. The molecule has 0 atom stereocenters. The molecule has 0 saturated carbocycles. The average molecular weight is 351 g/mol. The molecule has 21 heavy (non-hydrogen) atoms. The van der Waals surface area contributed by atoms with Crippen LogP contribution in [-0.2, 0) is 13.1 Å². The molecular formula is C15H16BrFN4. The monoisotopic (exact) mass is 350 g/mol. The van der Waals surface area contributed by atoms with Crippen LogP contribution >= 0.6 is 15.9 Å². The quantitative estimate of drug-likeness (QED) is 0.658. The molecule has 0 unspecified atom stereocenters. The topological polar surface area (TPSA) is 49.3 Å². The van der Waals surface area contributed by atoms with E-state index in [9.17, 15) is 4.39 Å². The van der Waals surface area contributed by atoms with E-state index in [4.69, 9.17) is 0 Å². The van der Waals surface area contributed by atoms with E-state index in [-0.39, 0.29) is 5.82 Å². The van der Waals surface area contributed by atoms with Crippen molar-refractivity contribution in [3.63, 3.8) is 0 Å². The number of halogens is 2. The zero-order valence-electron chi connectivity index (χ0n) is 11.6. The van der Waals surface area contributed by atoms with Crippen LogP contribution in [0.2, 0.25) is 0 Å². The van der Waals surface area contributed by atoms with E-state index in [0.29, 0.717) is 24.6 Å². The normalized spacial score (nSPS) is 11.3. The third-order valence-electron chi connectivity index (χ3n) is 2.85. The number of nitrogens with zero attached hydrogens (tertiary/aromatic N) is 2. The van der Waals surface area contributed by atoms with Gasteiger partial charge in [0.1, 0.15) is 5.82 Å². The van der Waals surface area contributed by atoms with Gasteiger partial charge in [-0.2, -0.15) is 0 Å². The Labute approximate surface area is 131 Å². The van der Waals surface area contributed by atoms with Gasteiger partial charge in [0.15, 0.2) is 5.96 Å². The van der Waals surface area contributed by atoms with Crippen molar-refractivity contribution in [2.45, 2.75) is 13.1 Å². The van der Waals surface area contributed by atoms with Crippen LogP contribution in [0.1, 0.15) is 11.3 Å². The summed E-state index contributed by atoms with van der Waals surface area (Å²) in [6.45, 7) is 0.921. The highest BCUT2D eigenvalue weighted by atomic mass is 79.9. The predicted octanol–water partition coefficient (Wildman–Crippen LogP) is 2.85. The molecule has 1 heterocycles. The Hall–Kier alpha value is -1.95. The molecule has 4 nitrogen and oxygen atoms in total. The first-order chi connectivity index (χ1) is 10.2. The molecule has 0 aliphatic carbocycles. The first kappa shape index (κ1) is 15.4. The fraction of sp³-hybridized carbons (Fsp3) is 0.200. The molecule has 0 radical (unpaired) electrons. The van der Waals surface area contributed by atoms with Gasteiger partial charge in [-0.3, -0.25) is 9.98 Å². The standard InChI is InChI=1S/C15H16BrFN4/c1-18-15(21-10-13-4-2-3-7-19-13)20-9-11-5-6-12(16)8-14(11)17/h2-8H,9-10H2,1H3,(H2,18,20,21). The van der Waals surface area contributed by atoms with Crippen molar-refractivity contribution >= 4 is 21.9 Å². The van der Waals surface area contributed by atoms with Crippen molar-refractivity contribution in [2.24, 2.45) is 4.99 Å². The number of aromatic nitrogens is 1. The number of rotatable bonds is 4. The first-order valence-corrected chi connectivity index (χ1v) is 7.26. The van der Waals surface area contributed by atoms with Crippen molar-refractivity contribution < 1.29 is 4.39 Å². The largest absolute Gasteiger partial charge is 0.352 e. The van der Waals surface area contributed by atoms with Gasteiger partial charge in [-0.1, -0.05) is 28.1 Å². The molecule has 0 saturated heterocycles. The van der Waals surface area contributed by atoms with Gasteiger partial charge in [-0.25, -0.2) is 4.39 Å². The van der Waals surface area contributed by atoms with Gasteiger partial charge in [-0.15, -0.1) is 0 Å². The van der Waals surface area contributed by atoms with E-state index in [1.165, 1.54) is 6.07 Å². The van der Waals surface area contributed by atoms with Gasteiger partial charge in [0.25, 0.3) is 0 Å². The number of nitrogens with one attached hydrogen (secondary N) is 2. The maximum Gasteiger partial charge on any atom is 0.191 e. The van der Waals surface area contributed by atoms with Gasteiger partial charge >= 0.3 is 0 Å². The third-order valence-corrected chi connectivity index (χ3v) is 3.34. The molecule has 1 aromatic carbocycles. The minimum Gasteiger partial charge on any atom is -0.352 e. The summed E-state index contributed by atoms with van der Waals surface area (Å²) < 4.78 is 14.4. The SMILES string of the molecule is CN=C(NCc1ccccn1)NCc1ccc(Br)cc1F. The fourth-order valence-corrected chi connectivity index (χ4v) is 2.07. The van der Waals surface area contributed by atoms with Crippen LogP contribution in [0.25, 0.3) is 0 Å². The highest BCUT2D eigenvalue weighted by Gasteiger charge is 2.04. The Morgan fingerprint density at radius 1 is 1.24 bits per heavy atom. The van der Waals surface area contributed by atoms with Crippen LogP contribution in [0.4, 0.5) is 4.39 Å². The number of aliphatic imine (C=N–C) groups is 1. The lowest BCUT2D eigenvalue weighted by Gasteiger charge is -2.12. The molecule has 110 valence electrons. The molecule has 2 rings (SSSR count). The zero-order valence-corrected chi connectivity index (χ0v) is 13.2. The maximum absolute atomic E-state index is 13.7. The minimum absolute atomic E-state index is 0.253. The van der Waals surface area contributed by atoms with Crippen molar-refractivity contribution in [1.82, 2.24) is 15.6 Å².